The van der Waals surface area contributed by atoms with Crippen molar-refractivity contribution in [3.05, 3.63) is 23.8 Å². The summed E-state index contributed by atoms with van der Waals surface area (Å²) < 4.78 is 11.4. The number of urea groups is 1. The molecule has 2 amide bonds. The molecule has 0 unspecified atom stereocenters. The van der Waals surface area contributed by atoms with Crippen molar-refractivity contribution >= 4 is 11.7 Å². The Kier molecular flexibility index (Phi) is 4.25. The normalized spacial score (nSPS) is 19.6. The van der Waals surface area contributed by atoms with Crippen molar-refractivity contribution in [2.24, 2.45) is 0 Å². The number of amides is 2. The molecule has 1 spiro atoms. The lowest BCUT2D eigenvalue weighted by Crippen LogP contribution is -2.57. The number of carbonyl (C=O) groups excluding carboxylic acids is 1. The van der Waals surface area contributed by atoms with Crippen molar-refractivity contribution in [3.63, 3.8) is 0 Å². The molecule has 1 aromatic rings. The van der Waals surface area contributed by atoms with Crippen molar-refractivity contribution in [1.82, 2.24) is 4.90 Å². The Bertz CT molecular complexity index is 555. The topological polar surface area (TPSA) is 50.8 Å². The molecule has 5 heteroatoms. The first-order chi connectivity index (χ1) is 10.6. The number of morpholine rings is 1. The van der Waals surface area contributed by atoms with Gasteiger partial charge in [0.15, 0.2) is 0 Å². The number of anilines is 1. The number of nitrogens with one attached hydrogen (secondary N) is 1. The third-order valence-electron chi connectivity index (χ3n) is 4.54. The van der Waals surface area contributed by atoms with E-state index in [1.54, 1.807) is 0 Å². The molecule has 2 aliphatic rings. The largest absolute Gasteiger partial charge is 0.494 e. The van der Waals surface area contributed by atoms with Gasteiger partial charge in [0.05, 0.1) is 25.4 Å². The fourth-order valence-corrected chi connectivity index (χ4v) is 3.08. The van der Waals surface area contributed by atoms with E-state index in [-0.39, 0.29) is 11.6 Å². The zero-order valence-corrected chi connectivity index (χ0v) is 13.4. The molecule has 2 fully saturated rings. The molecule has 1 saturated carbocycles. The first-order valence-corrected chi connectivity index (χ1v) is 8.05. The van der Waals surface area contributed by atoms with E-state index < -0.39 is 0 Å². The molecule has 1 aliphatic carbocycles. The summed E-state index contributed by atoms with van der Waals surface area (Å²) >= 11 is 0. The van der Waals surface area contributed by atoms with E-state index in [0.29, 0.717) is 26.3 Å². The first-order valence-electron chi connectivity index (χ1n) is 8.05. The molecule has 22 heavy (non-hydrogen) atoms. The maximum absolute atomic E-state index is 12.5. The molecule has 3 rings (SSSR count). The fraction of sp³-hybridized carbons (Fsp3) is 0.588. The van der Waals surface area contributed by atoms with Gasteiger partial charge in [0, 0.05) is 18.3 Å². The standard InChI is InChI=1S/C17H24N2O3/c1-3-21-15-11-14(6-5-13(15)2)18-16(20)19-9-10-22-17(12-19)7-4-8-17/h5-6,11H,3-4,7-10,12H2,1-2H3,(H,18,20). The summed E-state index contributed by atoms with van der Waals surface area (Å²) in [5.41, 5.74) is 1.77. The summed E-state index contributed by atoms with van der Waals surface area (Å²) in [5, 5.41) is 2.98. The van der Waals surface area contributed by atoms with Crippen LogP contribution in [0.25, 0.3) is 0 Å². The molecule has 120 valence electrons. The third-order valence-corrected chi connectivity index (χ3v) is 4.54. The van der Waals surface area contributed by atoms with Crippen molar-refractivity contribution in [3.8, 4) is 5.75 Å². The number of benzene rings is 1. The van der Waals surface area contributed by atoms with Crippen LogP contribution in [0.1, 0.15) is 31.7 Å². The average molecular weight is 304 g/mol. The number of carbonyl (C=O) groups is 1. The van der Waals surface area contributed by atoms with Crippen molar-refractivity contribution in [1.29, 1.82) is 0 Å². The van der Waals surface area contributed by atoms with Gasteiger partial charge in [-0.05, 0) is 44.7 Å². The van der Waals surface area contributed by atoms with E-state index >= 15 is 0 Å². The molecular formula is C17H24N2O3. The Labute approximate surface area is 131 Å². The van der Waals surface area contributed by atoms with Crippen LogP contribution in [-0.2, 0) is 4.74 Å². The third kappa shape index (κ3) is 3.04. The van der Waals surface area contributed by atoms with Crippen LogP contribution in [0.3, 0.4) is 0 Å². The van der Waals surface area contributed by atoms with Crippen LogP contribution in [0.4, 0.5) is 10.5 Å². The smallest absolute Gasteiger partial charge is 0.322 e. The molecule has 0 aromatic heterocycles. The van der Waals surface area contributed by atoms with Crippen molar-refractivity contribution in [2.75, 3.05) is 31.6 Å². The van der Waals surface area contributed by atoms with Crippen LogP contribution >= 0.6 is 0 Å². The number of aryl methyl sites for hydroxylation is 1. The van der Waals surface area contributed by atoms with E-state index in [1.807, 2.05) is 36.9 Å². The molecule has 1 aromatic carbocycles. The van der Waals surface area contributed by atoms with E-state index in [4.69, 9.17) is 9.47 Å². The highest BCUT2D eigenvalue weighted by molar-refractivity contribution is 5.89. The SMILES string of the molecule is CCOc1cc(NC(=O)N2CCOC3(CCC3)C2)ccc1C. The minimum Gasteiger partial charge on any atom is -0.494 e. The van der Waals surface area contributed by atoms with Gasteiger partial charge in [-0.25, -0.2) is 4.79 Å². The van der Waals surface area contributed by atoms with Gasteiger partial charge in [-0.2, -0.15) is 0 Å². The van der Waals surface area contributed by atoms with E-state index in [1.165, 1.54) is 6.42 Å². The van der Waals surface area contributed by atoms with Gasteiger partial charge >= 0.3 is 6.03 Å². The van der Waals surface area contributed by atoms with Crippen molar-refractivity contribution in [2.45, 2.75) is 38.7 Å². The minimum absolute atomic E-state index is 0.0547. The predicted octanol–water partition coefficient (Wildman–Crippen LogP) is 3.18. The molecule has 1 saturated heterocycles. The van der Waals surface area contributed by atoms with Crippen LogP contribution in [0.5, 0.6) is 5.75 Å². The van der Waals surface area contributed by atoms with E-state index in [9.17, 15) is 4.79 Å². The molecule has 0 bridgehead atoms. The monoisotopic (exact) mass is 304 g/mol. The van der Waals surface area contributed by atoms with Gasteiger partial charge in [-0.15, -0.1) is 0 Å². The second-order valence-corrected chi connectivity index (χ2v) is 6.15. The van der Waals surface area contributed by atoms with Crippen LogP contribution in [0.2, 0.25) is 0 Å². The Morgan fingerprint density at radius 3 is 2.95 bits per heavy atom. The van der Waals surface area contributed by atoms with Gasteiger partial charge in [-0.1, -0.05) is 6.07 Å². The summed E-state index contributed by atoms with van der Waals surface area (Å²) in [5.74, 6) is 0.817. The summed E-state index contributed by atoms with van der Waals surface area (Å²) in [4.78, 5) is 14.3. The zero-order valence-electron chi connectivity index (χ0n) is 13.4. The number of hydrogen-bond acceptors (Lipinski definition) is 3. The van der Waals surface area contributed by atoms with E-state index in [0.717, 1.165) is 29.8 Å². The Hall–Kier alpha value is -1.75. The Balaban J connectivity index is 1.65. The first kappa shape index (κ1) is 15.2. The maximum Gasteiger partial charge on any atom is 0.322 e. The van der Waals surface area contributed by atoms with Gasteiger partial charge < -0.3 is 19.7 Å². The molecule has 5 nitrogen and oxygen atoms in total. The predicted molar refractivity (Wildman–Crippen MR) is 85.5 cm³/mol. The fourth-order valence-electron chi connectivity index (χ4n) is 3.08. The second kappa shape index (κ2) is 6.16. The molecule has 1 heterocycles. The van der Waals surface area contributed by atoms with Gasteiger partial charge in [0.25, 0.3) is 0 Å². The number of nitrogens with zero attached hydrogens (tertiary/aromatic N) is 1. The number of rotatable bonds is 3. The summed E-state index contributed by atoms with van der Waals surface area (Å²) in [6.07, 6.45) is 3.33. The molecular weight excluding hydrogens is 280 g/mol. The average Bonchev–Trinajstić information content (AvgIpc) is 2.49. The lowest BCUT2D eigenvalue weighted by molar-refractivity contribution is -0.140. The molecule has 1 N–H and O–H groups in total. The maximum atomic E-state index is 12.5. The molecule has 0 radical (unpaired) electrons. The Morgan fingerprint density at radius 2 is 2.27 bits per heavy atom. The highest BCUT2D eigenvalue weighted by Crippen LogP contribution is 2.38. The second-order valence-electron chi connectivity index (χ2n) is 6.15. The van der Waals surface area contributed by atoms with Crippen molar-refractivity contribution < 1.29 is 14.3 Å². The van der Waals surface area contributed by atoms with Crippen LogP contribution < -0.4 is 10.1 Å². The number of ether oxygens (including phenoxy) is 2. The molecule has 0 atom stereocenters. The quantitative estimate of drug-likeness (QED) is 0.933. The van der Waals surface area contributed by atoms with Crippen LogP contribution in [-0.4, -0.2) is 42.8 Å². The minimum atomic E-state index is -0.0701. The highest BCUT2D eigenvalue weighted by atomic mass is 16.5. The number of hydrogen-bond donors (Lipinski definition) is 1. The van der Waals surface area contributed by atoms with Crippen LogP contribution in [0.15, 0.2) is 18.2 Å². The summed E-state index contributed by atoms with van der Waals surface area (Å²) in [7, 11) is 0. The highest BCUT2D eigenvalue weighted by Gasteiger charge is 2.43. The zero-order chi connectivity index (χ0) is 15.6. The van der Waals surface area contributed by atoms with Gasteiger partial charge in [0.1, 0.15) is 5.75 Å². The summed E-state index contributed by atoms with van der Waals surface area (Å²) in [6, 6.07) is 5.71. The van der Waals surface area contributed by atoms with Gasteiger partial charge in [-0.3, -0.25) is 0 Å². The van der Waals surface area contributed by atoms with Gasteiger partial charge in [0.2, 0.25) is 0 Å². The Morgan fingerprint density at radius 1 is 1.45 bits per heavy atom. The lowest BCUT2D eigenvalue weighted by Gasteiger charge is -2.48. The van der Waals surface area contributed by atoms with E-state index in [2.05, 4.69) is 5.32 Å². The lowest BCUT2D eigenvalue weighted by atomic mass is 9.79. The summed E-state index contributed by atoms with van der Waals surface area (Å²) in [6.45, 7) is 6.55. The van der Waals surface area contributed by atoms with Crippen LogP contribution in [0, 0.1) is 6.92 Å². The molecule has 1 aliphatic heterocycles.